The Morgan fingerprint density at radius 2 is 2.03 bits per heavy atom. The fourth-order valence-corrected chi connectivity index (χ4v) is 3.86. The number of pyridine rings is 1. The number of nitrogens with one attached hydrogen (secondary N) is 1. The molecule has 0 bridgehead atoms. The Hall–Kier alpha value is -3.02. The van der Waals surface area contributed by atoms with Gasteiger partial charge in [0.15, 0.2) is 11.5 Å². The molecule has 0 fully saturated rings. The monoisotopic (exact) mass is 394 g/mol. The number of hydrogen-bond donors (Lipinski definition) is 1. The molecule has 2 aromatic rings. The first-order valence-electron chi connectivity index (χ1n) is 10.2. The highest BCUT2D eigenvalue weighted by molar-refractivity contribution is 5.95. The summed E-state index contributed by atoms with van der Waals surface area (Å²) in [7, 11) is 0. The molecule has 2 heterocycles. The smallest absolute Gasteiger partial charge is 0.263 e. The minimum Gasteiger partial charge on any atom is -0.454 e. The number of fused-ring (bicyclic) bond motifs is 1. The van der Waals surface area contributed by atoms with Crippen LogP contribution in [0.1, 0.15) is 53.6 Å². The van der Waals surface area contributed by atoms with Gasteiger partial charge in [-0.1, -0.05) is 17.7 Å². The lowest BCUT2D eigenvalue weighted by atomic mass is 9.97. The van der Waals surface area contributed by atoms with Crippen molar-refractivity contribution in [3.8, 4) is 11.5 Å². The number of allylic oxidation sites excluding steroid dienone is 1. The van der Waals surface area contributed by atoms with Crippen molar-refractivity contribution in [3.63, 3.8) is 0 Å². The van der Waals surface area contributed by atoms with Crippen LogP contribution in [0, 0.1) is 6.92 Å². The highest BCUT2D eigenvalue weighted by Crippen LogP contribution is 2.32. The van der Waals surface area contributed by atoms with Crippen molar-refractivity contribution in [2.45, 2.75) is 45.6 Å². The van der Waals surface area contributed by atoms with Gasteiger partial charge in [-0.2, -0.15) is 0 Å². The summed E-state index contributed by atoms with van der Waals surface area (Å²) < 4.78 is 12.3. The molecule has 0 atom stereocenters. The summed E-state index contributed by atoms with van der Waals surface area (Å²) in [5, 5.41) is 2.92. The zero-order valence-corrected chi connectivity index (χ0v) is 16.7. The molecule has 2 aliphatic rings. The minimum absolute atomic E-state index is 0.213. The van der Waals surface area contributed by atoms with Crippen LogP contribution >= 0.6 is 0 Å². The van der Waals surface area contributed by atoms with Crippen LogP contribution < -0.4 is 20.3 Å². The van der Waals surface area contributed by atoms with Gasteiger partial charge in [-0.05, 0) is 68.4 Å². The second kappa shape index (κ2) is 8.55. The quantitative estimate of drug-likeness (QED) is 0.761. The molecule has 0 saturated carbocycles. The molecule has 1 aliphatic heterocycles. The lowest BCUT2D eigenvalue weighted by Gasteiger charge is -2.14. The van der Waals surface area contributed by atoms with Crippen molar-refractivity contribution in [2.24, 2.45) is 0 Å². The highest BCUT2D eigenvalue weighted by Gasteiger charge is 2.17. The van der Waals surface area contributed by atoms with Gasteiger partial charge in [-0.3, -0.25) is 9.59 Å². The first kappa shape index (κ1) is 19.3. The molecule has 6 nitrogen and oxygen atoms in total. The summed E-state index contributed by atoms with van der Waals surface area (Å²) in [5.74, 6) is 1.08. The third-order valence-corrected chi connectivity index (χ3v) is 5.51. The molecule has 1 aromatic carbocycles. The first-order chi connectivity index (χ1) is 14.1. The van der Waals surface area contributed by atoms with Crippen LogP contribution in [0.15, 0.2) is 46.9 Å². The van der Waals surface area contributed by atoms with Crippen LogP contribution in [0.5, 0.6) is 11.5 Å². The molecule has 0 radical (unpaired) electrons. The molecule has 1 amide bonds. The largest absolute Gasteiger partial charge is 0.454 e. The first-order valence-corrected chi connectivity index (χ1v) is 10.2. The number of rotatable bonds is 6. The Bertz CT molecular complexity index is 1010. The number of hydrogen-bond acceptors (Lipinski definition) is 4. The van der Waals surface area contributed by atoms with E-state index in [9.17, 15) is 9.59 Å². The van der Waals surface area contributed by atoms with Gasteiger partial charge in [-0.25, -0.2) is 0 Å². The normalized spacial score (nSPS) is 15.1. The third kappa shape index (κ3) is 4.36. The van der Waals surface area contributed by atoms with E-state index < -0.39 is 0 Å². The molecule has 1 aromatic heterocycles. The summed E-state index contributed by atoms with van der Waals surface area (Å²) in [4.78, 5) is 25.7. The van der Waals surface area contributed by atoms with E-state index in [0.29, 0.717) is 30.2 Å². The third-order valence-electron chi connectivity index (χ3n) is 5.51. The Kier molecular flexibility index (Phi) is 5.69. The van der Waals surface area contributed by atoms with E-state index in [0.717, 1.165) is 24.8 Å². The number of carbonyl (C=O) groups is 1. The lowest BCUT2D eigenvalue weighted by Crippen LogP contribution is -2.34. The molecule has 1 aliphatic carbocycles. The van der Waals surface area contributed by atoms with Gasteiger partial charge >= 0.3 is 0 Å². The maximum absolute atomic E-state index is 13.0. The standard InChI is InChI=1S/C23H26N2O4/c1-16-10-12-25(14-18-7-8-19-20(13-18)29-15-28-19)23(27)21(16)22(26)24-11-9-17-5-3-2-4-6-17/h5,7-8,10,12-13H,2-4,6,9,11,14-15H2,1H3,(H,24,26). The van der Waals surface area contributed by atoms with E-state index in [2.05, 4.69) is 11.4 Å². The number of benzene rings is 1. The summed E-state index contributed by atoms with van der Waals surface area (Å²) in [5.41, 5.74) is 2.94. The van der Waals surface area contributed by atoms with Gasteiger partial charge in [0.1, 0.15) is 5.56 Å². The lowest BCUT2D eigenvalue weighted by molar-refractivity contribution is 0.0951. The summed E-state index contributed by atoms with van der Waals surface area (Å²) >= 11 is 0. The van der Waals surface area contributed by atoms with Crippen molar-refractivity contribution in [1.82, 2.24) is 9.88 Å². The van der Waals surface area contributed by atoms with Crippen molar-refractivity contribution in [2.75, 3.05) is 13.3 Å². The highest BCUT2D eigenvalue weighted by atomic mass is 16.7. The number of carbonyl (C=O) groups excluding carboxylic acids is 1. The average molecular weight is 394 g/mol. The van der Waals surface area contributed by atoms with E-state index in [1.807, 2.05) is 24.3 Å². The fourth-order valence-electron chi connectivity index (χ4n) is 3.86. The van der Waals surface area contributed by atoms with Crippen molar-refractivity contribution >= 4 is 5.91 Å². The van der Waals surface area contributed by atoms with E-state index in [-0.39, 0.29) is 23.8 Å². The maximum atomic E-state index is 13.0. The molecule has 0 saturated heterocycles. The predicted molar refractivity (Wildman–Crippen MR) is 111 cm³/mol. The topological polar surface area (TPSA) is 69.6 Å². The number of amides is 1. The SMILES string of the molecule is Cc1ccn(Cc2ccc3c(c2)OCO3)c(=O)c1C(=O)NCCC1=CCCCC1. The van der Waals surface area contributed by atoms with E-state index in [1.165, 1.54) is 18.4 Å². The Morgan fingerprint density at radius 1 is 1.17 bits per heavy atom. The van der Waals surface area contributed by atoms with Gasteiger partial charge in [-0.15, -0.1) is 0 Å². The molecular weight excluding hydrogens is 368 g/mol. The zero-order valence-electron chi connectivity index (χ0n) is 16.7. The number of ether oxygens (including phenoxy) is 2. The van der Waals surface area contributed by atoms with Crippen LogP contribution in [0.3, 0.4) is 0 Å². The van der Waals surface area contributed by atoms with E-state index >= 15 is 0 Å². The van der Waals surface area contributed by atoms with E-state index in [4.69, 9.17) is 9.47 Å². The van der Waals surface area contributed by atoms with Gasteiger partial charge in [0.2, 0.25) is 6.79 Å². The molecule has 1 N–H and O–H groups in total. The molecule has 0 unspecified atom stereocenters. The van der Waals surface area contributed by atoms with Gasteiger partial charge in [0.25, 0.3) is 11.5 Å². The predicted octanol–water partition coefficient (Wildman–Crippen LogP) is 3.55. The van der Waals surface area contributed by atoms with Crippen LogP contribution in [-0.2, 0) is 6.54 Å². The Labute approximate surface area is 170 Å². The van der Waals surface area contributed by atoms with Crippen molar-refractivity contribution in [3.05, 3.63) is 69.2 Å². The van der Waals surface area contributed by atoms with Crippen molar-refractivity contribution < 1.29 is 14.3 Å². The second-order valence-corrected chi connectivity index (χ2v) is 7.61. The van der Waals surface area contributed by atoms with Crippen LogP contribution in [0.2, 0.25) is 0 Å². The van der Waals surface area contributed by atoms with Crippen LogP contribution in [-0.4, -0.2) is 23.8 Å². The average Bonchev–Trinajstić information content (AvgIpc) is 3.19. The Balaban J connectivity index is 1.46. The summed E-state index contributed by atoms with van der Waals surface area (Å²) in [6.45, 7) is 2.93. The van der Waals surface area contributed by atoms with Gasteiger partial charge in [0.05, 0.1) is 6.54 Å². The molecule has 4 rings (SSSR count). The molecule has 6 heteroatoms. The number of nitrogens with zero attached hydrogens (tertiary/aromatic N) is 1. The summed E-state index contributed by atoms with van der Waals surface area (Å²) in [6, 6.07) is 7.42. The molecule has 152 valence electrons. The fraction of sp³-hybridized carbons (Fsp3) is 0.391. The maximum Gasteiger partial charge on any atom is 0.263 e. The molecule has 0 spiro atoms. The zero-order chi connectivity index (χ0) is 20.2. The number of aromatic nitrogens is 1. The minimum atomic E-state index is -0.302. The summed E-state index contributed by atoms with van der Waals surface area (Å²) in [6.07, 6.45) is 9.58. The molecule has 29 heavy (non-hydrogen) atoms. The second-order valence-electron chi connectivity index (χ2n) is 7.61. The van der Waals surface area contributed by atoms with Crippen molar-refractivity contribution in [1.29, 1.82) is 0 Å². The van der Waals surface area contributed by atoms with E-state index in [1.54, 1.807) is 17.7 Å². The van der Waals surface area contributed by atoms with Gasteiger partial charge < -0.3 is 19.4 Å². The Morgan fingerprint density at radius 3 is 2.86 bits per heavy atom. The molecular formula is C23H26N2O4. The van der Waals surface area contributed by atoms with Crippen LogP contribution in [0.4, 0.5) is 0 Å². The number of aryl methyl sites for hydroxylation is 1. The van der Waals surface area contributed by atoms with Gasteiger partial charge in [0, 0.05) is 12.7 Å². The van der Waals surface area contributed by atoms with Crippen LogP contribution in [0.25, 0.3) is 0 Å².